The third-order valence-corrected chi connectivity index (χ3v) is 4.82. The van der Waals surface area contributed by atoms with Crippen LogP contribution in [0.3, 0.4) is 0 Å². The molecule has 1 heterocycles. The number of hydrogen-bond acceptors (Lipinski definition) is 4. The van der Waals surface area contributed by atoms with Crippen LogP contribution >= 0.6 is 0 Å². The Morgan fingerprint density at radius 2 is 1.81 bits per heavy atom. The number of nitroso groups, excluding NO2 is 1. The fraction of sp³-hybridized carbons (Fsp3) is 0.136. The summed E-state index contributed by atoms with van der Waals surface area (Å²) in [4.78, 5) is 26.0. The molecule has 0 unspecified atom stereocenters. The maximum Gasteiger partial charge on any atom is 0.301 e. The van der Waals surface area contributed by atoms with E-state index in [1.54, 1.807) is 36.4 Å². The Balaban J connectivity index is 1.81. The van der Waals surface area contributed by atoms with Crippen molar-refractivity contribution in [2.45, 2.75) is 19.8 Å². The second-order valence-corrected chi connectivity index (χ2v) is 6.48. The summed E-state index contributed by atoms with van der Waals surface area (Å²) < 4.78 is 0.723. The second kappa shape index (κ2) is 6.68. The zero-order valence-electron chi connectivity index (χ0n) is 14.9. The van der Waals surface area contributed by atoms with E-state index in [-0.39, 0.29) is 28.5 Å². The van der Waals surface area contributed by atoms with Gasteiger partial charge in [-0.25, -0.2) is 0 Å². The first kappa shape index (κ1) is 17.0. The quantitative estimate of drug-likeness (QED) is 0.761. The minimum absolute atomic E-state index is 0.0325. The van der Waals surface area contributed by atoms with Crippen LogP contribution in [0.1, 0.15) is 29.3 Å². The average molecular weight is 359 g/mol. The van der Waals surface area contributed by atoms with Gasteiger partial charge in [-0.2, -0.15) is 0 Å². The molecule has 2 aromatic rings. The highest BCUT2D eigenvalue weighted by Crippen LogP contribution is 2.38. The van der Waals surface area contributed by atoms with Gasteiger partial charge < -0.3 is 10.4 Å². The predicted octanol–water partition coefficient (Wildman–Crippen LogP) is 4.95. The Hall–Kier alpha value is -3.47. The molecule has 0 saturated carbocycles. The predicted molar refractivity (Wildman–Crippen MR) is 104 cm³/mol. The van der Waals surface area contributed by atoms with Crippen molar-refractivity contribution in [3.63, 3.8) is 0 Å². The number of nitrogens with one attached hydrogen (secondary N) is 1. The number of benzene rings is 2. The number of nitrogens with zero attached hydrogens (tertiary/aromatic N) is 1. The fourth-order valence-corrected chi connectivity index (χ4v) is 3.37. The summed E-state index contributed by atoms with van der Waals surface area (Å²) >= 11 is 0. The average Bonchev–Trinajstić information content (AvgIpc) is 2.86. The normalized spacial score (nSPS) is 16.2. The van der Waals surface area contributed by atoms with Crippen molar-refractivity contribution in [2.75, 3.05) is 5.32 Å². The smallest absolute Gasteiger partial charge is 0.301 e. The van der Waals surface area contributed by atoms with Crippen molar-refractivity contribution < 1.29 is 14.7 Å². The van der Waals surface area contributed by atoms with Gasteiger partial charge in [-0.1, -0.05) is 31.2 Å². The van der Waals surface area contributed by atoms with Crippen molar-refractivity contribution >= 4 is 17.2 Å². The van der Waals surface area contributed by atoms with Crippen LogP contribution in [0, 0.1) is 4.91 Å². The Labute approximate surface area is 156 Å². The van der Waals surface area contributed by atoms with E-state index in [1.807, 2.05) is 24.3 Å². The number of fused-ring (bicyclic) bond motifs is 1. The van der Waals surface area contributed by atoms with Gasteiger partial charge in [-0.05, 0) is 48.8 Å². The lowest BCUT2D eigenvalue weighted by atomic mass is 9.93. The van der Waals surface area contributed by atoms with E-state index in [0.29, 0.717) is 17.7 Å². The lowest BCUT2D eigenvalue weighted by Crippen LogP contribution is -2.24. The van der Waals surface area contributed by atoms with Gasteiger partial charge in [0, 0.05) is 16.7 Å². The summed E-state index contributed by atoms with van der Waals surface area (Å²) in [5, 5.41) is 13.6. The number of anilines is 1. The van der Waals surface area contributed by atoms with Crippen molar-refractivity contribution in [1.82, 2.24) is 0 Å². The second-order valence-electron chi connectivity index (χ2n) is 6.48. The van der Waals surface area contributed by atoms with Gasteiger partial charge in [-0.3, -0.25) is 4.79 Å². The number of carbonyl (C=O) groups excluding carboxylic acids is 1. The van der Waals surface area contributed by atoms with Gasteiger partial charge in [0.05, 0.1) is 10.3 Å². The largest absolute Gasteiger partial charge is 0.507 e. The molecule has 0 spiro atoms. The number of carbonyl (C=O) groups is 1. The molecule has 0 fully saturated rings. The van der Waals surface area contributed by atoms with E-state index in [4.69, 9.17) is 0 Å². The van der Waals surface area contributed by atoms with Gasteiger partial charge >= 0.3 is 5.70 Å². The van der Waals surface area contributed by atoms with Crippen molar-refractivity contribution in [2.24, 2.45) is 0 Å². The van der Waals surface area contributed by atoms with Crippen LogP contribution in [0.4, 0.5) is 11.4 Å². The number of para-hydroxylation sites is 1. The van der Waals surface area contributed by atoms with Gasteiger partial charge in [0.25, 0.3) is 5.69 Å². The molecule has 4 rings (SSSR count). The highest BCUT2D eigenvalue weighted by atomic mass is 16.3. The van der Waals surface area contributed by atoms with E-state index >= 15 is 0 Å². The van der Waals surface area contributed by atoms with Crippen LogP contribution in [-0.2, 0) is 6.42 Å². The first-order valence-corrected chi connectivity index (χ1v) is 8.91. The lowest BCUT2D eigenvalue weighted by Gasteiger charge is -2.16. The first-order chi connectivity index (χ1) is 13.1. The summed E-state index contributed by atoms with van der Waals surface area (Å²) in [6.07, 6.45) is 4.70. The van der Waals surface area contributed by atoms with Gasteiger partial charge in [0.1, 0.15) is 17.0 Å². The number of allylic oxidation sites excluding steroid dienone is 3. The first-order valence-electron chi connectivity index (χ1n) is 8.91. The van der Waals surface area contributed by atoms with Crippen molar-refractivity contribution in [3.8, 4) is 0 Å². The van der Waals surface area contributed by atoms with E-state index in [1.165, 1.54) is 5.56 Å². The molecule has 1 aliphatic carbocycles. The Kier molecular flexibility index (Phi) is 4.20. The molecule has 1 aliphatic heterocycles. The van der Waals surface area contributed by atoms with Gasteiger partial charge in [0.15, 0.2) is 0 Å². The van der Waals surface area contributed by atoms with Gasteiger partial charge in [0.2, 0.25) is 5.78 Å². The summed E-state index contributed by atoms with van der Waals surface area (Å²) in [6, 6.07) is 14.5. The van der Waals surface area contributed by atoms with Crippen LogP contribution in [0.25, 0.3) is 0 Å². The number of ketones is 1. The number of rotatable bonds is 3. The van der Waals surface area contributed by atoms with Crippen LogP contribution in [0.5, 0.6) is 0 Å². The number of aliphatic hydroxyl groups is 1. The molecule has 0 saturated heterocycles. The zero-order valence-corrected chi connectivity index (χ0v) is 14.9. The van der Waals surface area contributed by atoms with E-state index < -0.39 is 0 Å². The highest BCUT2D eigenvalue weighted by molar-refractivity contribution is 6.15. The number of hydrogen-bond donors (Lipinski definition) is 2. The lowest BCUT2D eigenvalue weighted by molar-refractivity contribution is -0.405. The fourth-order valence-electron chi connectivity index (χ4n) is 3.37. The Morgan fingerprint density at radius 1 is 1.07 bits per heavy atom. The molecular weight excluding hydrogens is 340 g/mol. The molecule has 2 aliphatic rings. The molecule has 5 nitrogen and oxygen atoms in total. The van der Waals surface area contributed by atoms with Crippen LogP contribution < -0.4 is 5.32 Å². The molecule has 0 atom stereocenters. The SMILES string of the molecule is CCc1ccc(NC2=CCC=C(O)C3=C2[N+](=O)c2ccccc2C3=O)cc1. The highest BCUT2D eigenvalue weighted by Gasteiger charge is 2.43. The van der Waals surface area contributed by atoms with Gasteiger partial charge in [-0.15, -0.1) is 0 Å². The van der Waals surface area contributed by atoms with E-state index in [0.717, 1.165) is 16.9 Å². The Bertz CT molecular complexity index is 1040. The molecule has 27 heavy (non-hydrogen) atoms. The molecule has 5 heteroatoms. The summed E-state index contributed by atoms with van der Waals surface area (Å²) in [6.45, 7) is 2.09. The number of aliphatic hydroxyl groups excluding tert-OH is 1. The minimum Gasteiger partial charge on any atom is -0.507 e. The maximum absolute atomic E-state index is 13.1. The van der Waals surface area contributed by atoms with Crippen LogP contribution in [-0.4, -0.2) is 15.6 Å². The molecule has 2 N–H and O–H groups in total. The zero-order chi connectivity index (χ0) is 19.0. The molecule has 0 bridgehead atoms. The summed E-state index contributed by atoms with van der Waals surface area (Å²) in [5.74, 6) is -0.517. The molecule has 2 aromatic carbocycles. The molecule has 0 radical (unpaired) electrons. The third-order valence-electron chi connectivity index (χ3n) is 4.82. The van der Waals surface area contributed by atoms with E-state index in [2.05, 4.69) is 12.2 Å². The molecule has 134 valence electrons. The third kappa shape index (κ3) is 2.87. The topological polar surface area (TPSA) is 69.4 Å². The monoisotopic (exact) mass is 359 g/mol. The Morgan fingerprint density at radius 3 is 2.56 bits per heavy atom. The van der Waals surface area contributed by atoms with E-state index in [9.17, 15) is 14.8 Å². The summed E-state index contributed by atoms with van der Waals surface area (Å²) in [7, 11) is 0. The number of aryl methyl sites for hydroxylation is 1. The molecule has 0 aromatic heterocycles. The molecule has 0 amide bonds. The molecular formula is C22H19N2O3+. The maximum atomic E-state index is 13.1. The van der Waals surface area contributed by atoms with Crippen molar-refractivity contribution in [3.05, 3.63) is 99.4 Å². The standard InChI is InChI=1S/C22H18N2O3/c1-2-14-10-12-15(13-11-14)23-17-7-5-9-19(25)20-21(17)24(27)18-8-4-3-6-16(18)22(20)26/h3-4,6-13,23H,2,5H2,1H3/p+1. The van der Waals surface area contributed by atoms with Crippen molar-refractivity contribution in [1.29, 1.82) is 0 Å². The van der Waals surface area contributed by atoms with Crippen LogP contribution in [0.2, 0.25) is 0 Å². The number of Topliss-reactive ketones (excluding diaryl/α,β-unsaturated/α-hetero) is 1. The van der Waals surface area contributed by atoms with Crippen LogP contribution in [0.15, 0.2) is 83.4 Å². The summed E-state index contributed by atoms with van der Waals surface area (Å²) in [5.41, 5.74) is 3.28. The minimum atomic E-state index is -0.350.